The first-order valence-electron chi connectivity index (χ1n) is 15.0. The molecule has 10 nitrogen and oxygen atoms in total. The number of ether oxygens (including phenoxy) is 1. The van der Waals surface area contributed by atoms with Crippen LogP contribution < -0.4 is 16.0 Å². The zero-order valence-electron chi connectivity index (χ0n) is 25.7. The highest BCUT2D eigenvalue weighted by molar-refractivity contribution is 5.93. The molecule has 0 saturated carbocycles. The summed E-state index contributed by atoms with van der Waals surface area (Å²) in [6, 6.07) is 14.9. The van der Waals surface area contributed by atoms with Crippen molar-refractivity contribution in [1.82, 2.24) is 20.9 Å². The fourth-order valence-electron chi connectivity index (χ4n) is 6.37. The van der Waals surface area contributed by atoms with Crippen LogP contribution in [-0.2, 0) is 32.7 Å². The molecule has 43 heavy (non-hydrogen) atoms. The number of amides is 3. The van der Waals surface area contributed by atoms with E-state index in [0.717, 1.165) is 29.6 Å². The van der Waals surface area contributed by atoms with Crippen LogP contribution in [0, 0.1) is 5.21 Å². The van der Waals surface area contributed by atoms with Gasteiger partial charge in [0.1, 0.15) is 17.2 Å². The Morgan fingerprint density at radius 1 is 1.02 bits per heavy atom. The predicted octanol–water partition coefficient (Wildman–Crippen LogP) is 4.17. The molecule has 3 heterocycles. The number of aromatic amines is 1. The third kappa shape index (κ3) is 6.46. The Hall–Kier alpha value is -3.73. The number of aromatic nitrogens is 1. The third-order valence-electron chi connectivity index (χ3n) is 8.76. The number of hydrogen-bond acceptors (Lipinski definition) is 6. The van der Waals surface area contributed by atoms with E-state index >= 15 is 0 Å². The summed E-state index contributed by atoms with van der Waals surface area (Å²) >= 11 is 0. The molecule has 2 aromatic carbocycles. The second kappa shape index (κ2) is 11.4. The molecule has 3 amide bonds. The summed E-state index contributed by atoms with van der Waals surface area (Å²) in [6.07, 6.45) is 2.32. The number of para-hydroxylation sites is 1. The Morgan fingerprint density at radius 3 is 2.42 bits per heavy atom. The van der Waals surface area contributed by atoms with E-state index in [1.54, 1.807) is 34.6 Å². The van der Waals surface area contributed by atoms with Crippen molar-refractivity contribution in [1.29, 1.82) is 0 Å². The minimum absolute atomic E-state index is 0.120. The summed E-state index contributed by atoms with van der Waals surface area (Å²) in [5, 5.41) is 24.1. The molecule has 1 fully saturated rings. The molecule has 2 aliphatic heterocycles. The van der Waals surface area contributed by atoms with Crippen LogP contribution in [0.1, 0.15) is 64.2 Å². The SMILES string of the molecule is CC(C)(C)OC(=O)NC(C)(C)C(=O)N[C@H](Cc1c[nH]c2ccccc12)C(=O)[N+]1([O-])CCC2(CC1)CNCc1ccccc12. The van der Waals surface area contributed by atoms with Gasteiger partial charge in [-0.1, -0.05) is 42.5 Å². The lowest BCUT2D eigenvalue weighted by molar-refractivity contribution is -0.812. The van der Waals surface area contributed by atoms with Crippen LogP contribution >= 0.6 is 0 Å². The molecule has 1 aromatic heterocycles. The number of hydroxylamine groups is 3. The topological polar surface area (TPSA) is 135 Å². The van der Waals surface area contributed by atoms with Crippen LogP contribution in [0.25, 0.3) is 10.9 Å². The van der Waals surface area contributed by atoms with Crippen LogP contribution in [0.3, 0.4) is 0 Å². The Labute approximate surface area is 252 Å². The van der Waals surface area contributed by atoms with Gasteiger partial charge in [-0.2, -0.15) is 0 Å². The molecule has 0 bridgehead atoms. The lowest BCUT2D eigenvalue weighted by Crippen LogP contribution is -2.65. The standard InChI is InChI=1S/C33H43N5O5/c1-31(2,3)43-30(41)37-32(4,5)29(40)36-27(18-23-20-35-26-13-9-7-11-24(23)26)28(39)38(42)16-14-33(15-17-38)21-34-19-22-10-6-8-12-25(22)33/h6-13,20,27,34-35H,14-19,21H2,1-5H3,(H,36,40)(H,37,41)/t27-,33?,38?/m1/s1. The summed E-state index contributed by atoms with van der Waals surface area (Å²) in [4.78, 5) is 43.5. The van der Waals surface area contributed by atoms with Crippen molar-refractivity contribution in [2.75, 3.05) is 19.6 Å². The molecule has 1 saturated heterocycles. The highest BCUT2D eigenvalue weighted by Crippen LogP contribution is 2.41. The van der Waals surface area contributed by atoms with Gasteiger partial charge >= 0.3 is 12.0 Å². The molecule has 230 valence electrons. The molecular formula is C33H43N5O5. The summed E-state index contributed by atoms with van der Waals surface area (Å²) in [7, 11) is 0. The lowest BCUT2D eigenvalue weighted by atomic mass is 9.69. The zero-order chi connectivity index (χ0) is 31.0. The minimum Gasteiger partial charge on any atom is -0.625 e. The second-order valence-electron chi connectivity index (χ2n) is 13.6. The average molecular weight is 590 g/mol. The van der Waals surface area contributed by atoms with Gasteiger partial charge in [0.05, 0.1) is 13.1 Å². The molecule has 5 rings (SSSR count). The van der Waals surface area contributed by atoms with Gasteiger partial charge in [0, 0.05) is 54.9 Å². The monoisotopic (exact) mass is 589 g/mol. The van der Waals surface area contributed by atoms with Crippen molar-refractivity contribution >= 4 is 28.8 Å². The first-order valence-corrected chi connectivity index (χ1v) is 15.0. The maximum atomic E-state index is 14.3. The van der Waals surface area contributed by atoms with Crippen molar-refractivity contribution < 1.29 is 23.8 Å². The highest BCUT2D eigenvalue weighted by Gasteiger charge is 2.47. The number of hydrogen-bond donors (Lipinski definition) is 4. The molecule has 1 atom stereocenters. The number of piperidine rings is 1. The summed E-state index contributed by atoms with van der Waals surface area (Å²) in [5.74, 6) is -1.17. The smallest absolute Gasteiger partial charge is 0.408 e. The van der Waals surface area contributed by atoms with Crippen LogP contribution in [0.15, 0.2) is 54.7 Å². The Morgan fingerprint density at radius 2 is 1.70 bits per heavy atom. The molecule has 0 aliphatic carbocycles. The number of benzene rings is 2. The molecule has 3 aromatic rings. The first-order chi connectivity index (χ1) is 20.2. The maximum Gasteiger partial charge on any atom is 0.408 e. The van der Waals surface area contributed by atoms with Crippen molar-refractivity contribution in [2.24, 2.45) is 0 Å². The number of nitrogens with one attached hydrogen (secondary N) is 4. The van der Waals surface area contributed by atoms with E-state index in [1.807, 2.05) is 42.6 Å². The number of quaternary nitrogens is 1. The van der Waals surface area contributed by atoms with Gasteiger partial charge in [-0.3, -0.25) is 9.44 Å². The normalized spacial score (nSPS) is 22.9. The van der Waals surface area contributed by atoms with Gasteiger partial charge in [-0.25, -0.2) is 9.59 Å². The van der Waals surface area contributed by atoms with E-state index in [-0.39, 0.29) is 24.9 Å². The Balaban J connectivity index is 1.38. The van der Waals surface area contributed by atoms with Gasteiger partial charge in [0.25, 0.3) is 0 Å². The highest BCUT2D eigenvalue weighted by atomic mass is 16.6. The van der Waals surface area contributed by atoms with Crippen LogP contribution in [0.4, 0.5) is 4.79 Å². The van der Waals surface area contributed by atoms with Gasteiger partial charge in [-0.05, 0) is 57.4 Å². The Bertz CT molecular complexity index is 1510. The molecule has 2 aliphatic rings. The quantitative estimate of drug-likeness (QED) is 0.252. The van der Waals surface area contributed by atoms with Crippen LogP contribution in [-0.4, -0.2) is 64.4 Å². The molecule has 0 radical (unpaired) electrons. The molecular weight excluding hydrogens is 546 g/mol. The summed E-state index contributed by atoms with van der Waals surface area (Å²) < 4.78 is 4.32. The number of alkyl carbamates (subject to hydrolysis) is 1. The number of rotatable bonds is 6. The average Bonchev–Trinajstić information content (AvgIpc) is 3.35. The minimum atomic E-state index is -1.40. The summed E-state index contributed by atoms with van der Waals surface area (Å²) in [5.41, 5.74) is 1.85. The zero-order valence-corrected chi connectivity index (χ0v) is 25.7. The third-order valence-corrected chi connectivity index (χ3v) is 8.76. The van der Waals surface area contributed by atoms with Gasteiger partial charge in [0.15, 0.2) is 0 Å². The van der Waals surface area contributed by atoms with Crippen molar-refractivity contribution in [2.45, 2.75) is 83.0 Å². The fourth-order valence-corrected chi connectivity index (χ4v) is 6.37. The molecule has 0 unspecified atom stereocenters. The number of carbonyl (C=O) groups is 3. The number of carbonyl (C=O) groups excluding carboxylic acids is 3. The van der Waals surface area contributed by atoms with E-state index in [9.17, 15) is 19.6 Å². The van der Waals surface area contributed by atoms with Crippen LogP contribution in [0.5, 0.6) is 0 Å². The first kappa shape index (κ1) is 30.7. The van der Waals surface area contributed by atoms with E-state index < -0.39 is 39.7 Å². The maximum absolute atomic E-state index is 14.3. The number of H-pyrrole nitrogens is 1. The lowest BCUT2D eigenvalue weighted by Gasteiger charge is -2.52. The van der Waals surface area contributed by atoms with E-state index in [4.69, 9.17) is 4.74 Å². The molecule has 4 N–H and O–H groups in total. The number of likely N-dealkylation sites (tertiary alicyclic amines) is 1. The van der Waals surface area contributed by atoms with E-state index in [0.29, 0.717) is 12.8 Å². The van der Waals surface area contributed by atoms with Gasteiger partial charge in [-0.15, -0.1) is 0 Å². The second-order valence-corrected chi connectivity index (χ2v) is 13.6. The number of nitrogens with zero attached hydrogens (tertiary/aromatic N) is 1. The van der Waals surface area contributed by atoms with Crippen molar-refractivity contribution in [3.05, 3.63) is 76.6 Å². The summed E-state index contributed by atoms with van der Waals surface area (Å²) in [6.45, 7) is 10.1. The largest absolute Gasteiger partial charge is 0.625 e. The van der Waals surface area contributed by atoms with Crippen molar-refractivity contribution in [3.63, 3.8) is 0 Å². The molecule has 1 spiro atoms. The van der Waals surface area contributed by atoms with Gasteiger partial charge in [0.2, 0.25) is 5.91 Å². The predicted molar refractivity (Wildman–Crippen MR) is 165 cm³/mol. The van der Waals surface area contributed by atoms with E-state index in [1.165, 1.54) is 11.1 Å². The number of fused-ring (bicyclic) bond motifs is 3. The van der Waals surface area contributed by atoms with Crippen LogP contribution in [0.2, 0.25) is 0 Å². The fraction of sp³-hybridized carbons (Fsp3) is 0.485. The van der Waals surface area contributed by atoms with E-state index in [2.05, 4.69) is 33.1 Å². The Kier molecular flexibility index (Phi) is 8.15. The van der Waals surface area contributed by atoms with Gasteiger partial charge < -0.3 is 30.9 Å². The molecule has 10 heteroatoms. The van der Waals surface area contributed by atoms with Crippen molar-refractivity contribution in [3.8, 4) is 0 Å².